The highest BCUT2D eigenvalue weighted by atomic mass is 32.2. The van der Waals surface area contributed by atoms with Gasteiger partial charge in [0.2, 0.25) is 10.0 Å². The lowest BCUT2D eigenvalue weighted by molar-refractivity contribution is 0.0696. The fraction of sp³-hybridized carbons (Fsp3) is 0.643. The van der Waals surface area contributed by atoms with Crippen molar-refractivity contribution in [1.82, 2.24) is 0 Å². The second kappa shape index (κ2) is 5.28. The van der Waals surface area contributed by atoms with E-state index in [-0.39, 0.29) is 16.0 Å². The van der Waals surface area contributed by atoms with Crippen molar-refractivity contribution in [3.8, 4) is 0 Å². The number of nitrogens with one attached hydrogen (secondary N) is 1. The van der Waals surface area contributed by atoms with Crippen LogP contribution in [-0.2, 0) is 22.9 Å². The summed E-state index contributed by atoms with van der Waals surface area (Å²) in [6, 6.07) is 0. The topological polar surface area (TPSA) is 83.5 Å². The molecule has 0 amide bonds. The lowest BCUT2D eigenvalue weighted by Crippen LogP contribution is -2.26. The maximum absolute atomic E-state index is 11.5. The first kappa shape index (κ1) is 16.3. The molecule has 1 unspecified atom stereocenters. The smallest absolute Gasteiger partial charge is 0.339 e. The van der Waals surface area contributed by atoms with E-state index < -0.39 is 16.0 Å². The molecule has 0 fully saturated rings. The van der Waals surface area contributed by atoms with Crippen LogP contribution in [0.4, 0.5) is 5.00 Å². The molecule has 0 radical (unpaired) electrons. The third kappa shape index (κ3) is 3.58. The van der Waals surface area contributed by atoms with Gasteiger partial charge in [-0.2, -0.15) is 0 Å². The normalized spacial score (nSPS) is 19.1. The molecule has 0 bridgehead atoms. The van der Waals surface area contributed by atoms with Crippen molar-refractivity contribution in [2.45, 2.75) is 40.0 Å². The van der Waals surface area contributed by atoms with Gasteiger partial charge in [0.15, 0.2) is 0 Å². The minimum atomic E-state index is -3.48. The van der Waals surface area contributed by atoms with Crippen LogP contribution in [0.15, 0.2) is 0 Å². The number of hydrogen-bond donors (Lipinski definition) is 2. The molecule has 1 heterocycles. The summed E-state index contributed by atoms with van der Waals surface area (Å²) in [6.07, 6.45) is 3.48. The van der Waals surface area contributed by atoms with Gasteiger partial charge in [0.25, 0.3) is 0 Å². The maximum atomic E-state index is 11.5. The van der Waals surface area contributed by atoms with Gasteiger partial charge in [-0.15, -0.1) is 11.3 Å². The molecule has 0 aliphatic heterocycles. The van der Waals surface area contributed by atoms with Crippen molar-refractivity contribution in [2.24, 2.45) is 11.3 Å². The van der Waals surface area contributed by atoms with Crippen LogP contribution in [0.3, 0.4) is 0 Å². The predicted octanol–water partition coefficient (Wildman–Crippen LogP) is 2.97. The maximum Gasteiger partial charge on any atom is 0.339 e. The van der Waals surface area contributed by atoms with Crippen LogP contribution in [0.1, 0.15) is 48.0 Å². The Labute approximate surface area is 129 Å². The molecule has 5 nitrogen and oxygen atoms in total. The van der Waals surface area contributed by atoms with Gasteiger partial charge in [-0.25, -0.2) is 13.2 Å². The molecule has 0 saturated heterocycles. The Morgan fingerprint density at radius 1 is 1.38 bits per heavy atom. The lowest BCUT2D eigenvalue weighted by Gasteiger charge is -2.33. The van der Waals surface area contributed by atoms with E-state index in [1.165, 1.54) is 11.3 Å². The number of carbonyl (C=O) groups is 1. The first-order chi connectivity index (χ1) is 9.49. The zero-order chi connectivity index (χ0) is 16.0. The van der Waals surface area contributed by atoms with Crippen molar-refractivity contribution in [2.75, 3.05) is 11.0 Å². The minimum absolute atomic E-state index is 0.132. The largest absolute Gasteiger partial charge is 0.478 e. The molecule has 118 valence electrons. The molecule has 0 spiro atoms. The average molecular weight is 331 g/mol. The monoisotopic (exact) mass is 331 g/mol. The van der Waals surface area contributed by atoms with E-state index in [9.17, 15) is 18.3 Å². The summed E-state index contributed by atoms with van der Waals surface area (Å²) in [7, 11) is -3.48. The van der Waals surface area contributed by atoms with Gasteiger partial charge in [0.05, 0.1) is 11.8 Å². The Kier molecular flexibility index (Phi) is 4.10. The van der Waals surface area contributed by atoms with E-state index in [2.05, 4.69) is 25.5 Å². The van der Waals surface area contributed by atoms with Gasteiger partial charge < -0.3 is 5.11 Å². The van der Waals surface area contributed by atoms with E-state index in [4.69, 9.17) is 0 Å². The van der Waals surface area contributed by atoms with Crippen molar-refractivity contribution in [3.05, 3.63) is 16.0 Å². The van der Waals surface area contributed by atoms with Gasteiger partial charge in [-0.05, 0) is 36.2 Å². The third-order valence-corrected chi connectivity index (χ3v) is 5.86. The van der Waals surface area contributed by atoms with Crippen LogP contribution >= 0.6 is 11.3 Å². The third-order valence-electron chi connectivity index (χ3n) is 3.98. The summed E-state index contributed by atoms with van der Waals surface area (Å²) in [4.78, 5) is 12.5. The summed E-state index contributed by atoms with van der Waals surface area (Å²) in [5, 5.41) is 9.65. The first-order valence-electron chi connectivity index (χ1n) is 6.84. The Bertz CT molecular complexity index is 668. The molecular weight excluding hydrogens is 310 g/mol. The number of hydrogen-bond acceptors (Lipinski definition) is 4. The average Bonchev–Trinajstić information content (AvgIpc) is 2.61. The molecule has 7 heteroatoms. The van der Waals surface area contributed by atoms with Crippen LogP contribution in [0.5, 0.6) is 0 Å². The molecule has 1 atom stereocenters. The number of carboxylic acid groups (broad SMARTS) is 1. The van der Waals surface area contributed by atoms with Crippen LogP contribution in [-0.4, -0.2) is 25.7 Å². The Morgan fingerprint density at radius 3 is 2.48 bits per heavy atom. The number of thiophene rings is 1. The van der Waals surface area contributed by atoms with Crippen molar-refractivity contribution >= 4 is 32.3 Å². The highest BCUT2D eigenvalue weighted by molar-refractivity contribution is 7.92. The van der Waals surface area contributed by atoms with Gasteiger partial charge >= 0.3 is 5.97 Å². The standard InChI is InChI=1S/C14H21NO4S2/c1-14(2,3)8-5-6-9-10(7-8)20-12(11(9)13(16)17)15-21(4,18)19/h8,15H,5-7H2,1-4H3,(H,16,17). The number of fused-ring (bicyclic) bond motifs is 1. The van der Waals surface area contributed by atoms with Crippen LogP contribution in [0, 0.1) is 11.3 Å². The van der Waals surface area contributed by atoms with Crippen LogP contribution < -0.4 is 4.72 Å². The number of rotatable bonds is 3. The quantitative estimate of drug-likeness (QED) is 0.892. The Morgan fingerprint density at radius 2 is 2.00 bits per heavy atom. The molecule has 1 aromatic heterocycles. The Balaban J connectivity index is 2.44. The second-order valence-electron chi connectivity index (χ2n) is 6.69. The molecule has 1 aliphatic rings. The highest BCUT2D eigenvalue weighted by Crippen LogP contribution is 2.44. The van der Waals surface area contributed by atoms with Gasteiger partial charge in [-0.3, -0.25) is 4.72 Å². The van der Waals surface area contributed by atoms with Crippen molar-refractivity contribution in [1.29, 1.82) is 0 Å². The predicted molar refractivity (Wildman–Crippen MR) is 84.7 cm³/mol. The molecule has 0 saturated carbocycles. The summed E-state index contributed by atoms with van der Waals surface area (Å²) in [5.41, 5.74) is 1.10. The fourth-order valence-electron chi connectivity index (χ4n) is 2.79. The molecule has 1 aliphatic carbocycles. The summed E-state index contributed by atoms with van der Waals surface area (Å²) >= 11 is 1.27. The highest BCUT2D eigenvalue weighted by Gasteiger charge is 2.34. The SMILES string of the molecule is CC(C)(C)C1CCc2c(sc(NS(C)(=O)=O)c2C(=O)O)C1. The zero-order valence-corrected chi connectivity index (χ0v) is 14.3. The van der Waals surface area contributed by atoms with Gasteiger partial charge in [0, 0.05) is 4.88 Å². The van der Waals surface area contributed by atoms with Gasteiger partial charge in [0.1, 0.15) is 5.00 Å². The lowest BCUT2D eigenvalue weighted by atomic mass is 9.72. The number of sulfonamides is 1. The van der Waals surface area contributed by atoms with Crippen molar-refractivity contribution in [3.63, 3.8) is 0 Å². The van der Waals surface area contributed by atoms with E-state index >= 15 is 0 Å². The van der Waals surface area contributed by atoms with Gasteiger partial charge in [-0.1, -0.05) is 20.8 Å². The number of carboxylic acids is 1. The first-order valence-corrected chi connectivity index (χ1v) is 9.55. The zero-order valence-electron chi connectivity index (χ0n) is 12.7. The molecule has 1 aromatic rings. The second-order valence-corrected chi connectivity index (χ2v) is 9.55. The number of anilines is 1. The van der Waals surface area contributed by atoms with Crippen LogP contribution in [0.2, 0.25) is 0 Å². The van der Waals surface area contributed by atoms with E-state index in [1.54, 1.807) is 0 Å². The number of aromatic carboxylic acids is 1. The van der Waals surface area contributed by atoms with Crippen molar-refractivity contribution < 1.29 is 18.3 Å². The summed E-state index contributed by atoms with van der Waals surface area (Å²) < 4.78 is 25.2. The van der Waals surface area contributed by atoms with E-state index in [1.807, 2.05) is 0 Å². The molecular formula is C14H21NO4S2. The fourth-order valence-corrected chi connectivity index (χ4v) is 5.02. The molecule has 0 aromatic carbocycles. The van der Waals surface area contributed by atoms with E-state index in [0.717, 1.165) is 29.5 Å². The summed E-state index contributed by atoms with van der Waals surface area (Å²) in [6.45, 7) is 6.55. The molecule has 21 heavy (non-hydrogen) atoms. The molecule has 2 N–H and O–H groups in total. The van der Waals surface area contributed by atoms with E-state index in [0.29, 0.717) is 12.3 Å². The summed E-state index contributed by atoms with van der Waals surface area (Å²) in [5.74, 6) is -0.579. The Hall–Kier alpha value is -1.08. The minimum Gasteiger partial charge on any atom is -0.478 e. The van der Waals surface area contributed by atoms with Crippen LogP contribution in [0.25, 0.3) is 0 Å². The molecule has 2 rings (SSSR count).